The molecule has 1 heterocycles. The molecule has 1 aromatic carbocycles. The van der Waals surface area contributed by atoms with Crippen LogP contribution in [0, 0.1) is 0 Å². The standard InChI is InChI=1S/C14H17NO3/c1-17-13-4-2-3-5-14(13)18-9-8-15-7-6-12(10-15)11-16/h2-7,10,16H,8-9,11H2,1H3. The second-order valence-corrected chi connectivity index (χ2v) is 3.92. The van der Waals surface area contributed by atoms with Crippen LogP contribution >= 0.6 is 0 Å². The lowest BCUT2D eigenvalue weighted by Gasteiger charge is -2.10. The predicted octanol–water partition coefficient (Wildman–Crippen LogP) is 2.07. The predicted molar refractivity (Wildman–Crippen MR) is 68.8 cm³/mol. The summed E-state index contributed by atoms with van der Waals surface area (Å²) in [6.45, 7) is 1.36. The quantitative estimate of drug-likeness (QED) is 0.849. The van der Waals surface area contributed by atoms with Gasteiger partial charge in [-0.05, 0) is 23.8 Å². The molecule has 0 saturated carbocycles. The van der Waals surface area contributed by atoms with Gasteiger partial charge in [0.2, 0.25) is 0 Å². The van der Waals surface area contributed by atoms with Crippen LogP contribution in [-0.2, 0) is 13.2 Å². The summed E-state index contributed by atoms with van der Waals surface area (Å²) in [5, 5.41) is 8.96. The van der Waals surface area contributed by atoms with Crippen LogP contribution in [0.15, 0.2) is 42.7 Å². The third-order valence-corrected chi connectivity index (χ3v) is 2.67. The summed E-state index contributed by atoms with van der Waals surface area (Å²) < 4.78 is 12.9. The maximum absolute atomic E-state index is 8.96. The molecule has 4 heteroatoms. The number of aliphatic hydroxyl groups is 1. The molecule has 0 aliphatic heterocycles. The molecule has 0 radical (unpaired) electrons. The number of aromatic nitrogens is 1. The Morgan fingerprint density at radius 3 is 2.61 bits per heavy atom. The second kappa shape index (κ2) is 6.12. The Kier molecular flexibility index (Phi) is 4.25. The molecule has 2 rings (SSSR count). The molecule has 1 aromatic heterocycles. The molecular formula is C14H17NO3. The maximum atomic E-state index is 8.96. The van der Waals surface area contributed by atoms with Gasteiger partial charge in [-0.1, -0.05) is 12.1 Å². The van der Waals surface area contributed by atoms with Gasteiger partial charge in [-0.3, -0.25) is 0 Å². The molecule has 0 fully saturated rings. The molecule has 0 spiro atoms. The fourth-order valence-corrected chi connectivity index (χ4v) is 1.72. The van der Waals surface area contributed by atoms with E-state index in [2.05, 4.69) is 0 Å². The Hall–Kier alpha value is -1.94. The number of hydrogen-bond acceptors (Lipinski definition) is 3. The Labute approximate surface area is 106 Å². The van der Waals surface area contributed by atoms with Crippen molar-refractivity contribution >= 4 is 0 Å². The molecule has 96 valence electrons. The average molecular weight is 247 g/mol. The van der Waals surface area contributed by atoms with Crippen LogP contribution in [0.5, 0.6) is 11.5 Å². The molecule has 0 amide bonds. The van der Waals surface area contributed by atoms with Gasteiger partial charge < -0.3 is 19.1 Å². The zero-order chi connectivity index (χ0) is 12.8. The van der Waals surface area contributed by atoms with E-state index in [4.69, 9.17) is 14.6 Å². The third kappa shape index (κ3) is 3.05. The molecule has 4 nitrogen and oxygen atoms in total. The summed E-state index contributed by atoms with van der Waals surface area (Å²) in [7, 11) is 1.63. The monoisotopic (exact) mass is 247 g/mol. The molecular weight excluding hydrogens is 230 g/mol. The highest BCUT2D eigenvalue weighted by molar-refractivity contribution is 5.39. The number of rotatable bonds is 6. The largest absolute Gasteiger partial charge is 0.493 e. The zero-order valence-corrected chi connectivity index (χ0v) is 10.4. The lowest BCUT2D eigenvalue weighted by atomic mass is 10.3. The molecule has 0 saturated heterocycles. The van der Waals surface area contributed by atoms with Gasteiger partial charge in [0.25, 0.3) is 0 Å². The maximum Gasteiger partial charge on any atom is 0.161 e. The minimum Gasteiger partial charge on any atom is -0.493 e. The molecule has 1 N–H and O–H groups in total. The molecule has 0 unspecified atom stereocenters. The number of aliphatic hydroxyl groups excluding tert-OH is 1. The fourth-order valence-electron chi connectivity index (χ4n) is 1.72. The van der Waals surface area contributed by atoms with Crippen LogP contribution in [0.4, 0.5) is 0 Å². The van der Waals surface area contributed by atoms with E-state index in [1.54, 1.807) is 7.11 Å². The Morgan fingerprint density at radius 1 is 1.17 bits per heavy atom. The van der Waals surface area contributed by atoms with Crippen molar-refractivity contribution in [2.45, 2.75) is 13.2 Å². The number of para-hydroxylation sites is 2. The number of methoxy groups -OCH3 is 1. The minimum absolute atomic E-state index is 0.0698. The first kappa shape index (κ1) is 12.5. The van der Waals surface area contributed by atoms with Crippen LogP contribution in [0.1, 0.15) is 5.56 Å². The highest BCUT2D eigenvalue weighted by atomic mass is 16.5. The summed E-state index contributed by atoms with van der Waals surface area (Å²) in [4.78, 5) is 0. The van der Waals surface area contributed by atoms with Gasteiger partial charge in [0, 0.05) is 12.4 Å². The third-order valence-electron chi connectivity index (χ3n) is 2.67. The normalized spacial score (nSPS) is 10.3. The van der Waals surface area contributed by atoms with Gasteiger partial charge in [-0.2, -0.15) is 0 Å². The van der Waals surface area contributed by atoms with Crippen LogP contribution in [0.2, 0.25) is 0 Å². The molecule has 2 aromatic rings. The first-order valence-electron chi connectivity index (χ1n) is 5.85. The van der Waals surface area contributed by atoms with E-state index in [-0.39, 0.29) is 6.61 Å². The fraction of sp³-hybridized carbons (Fsp3) is 0.286. The summed E-state index contributed by atoms with van der Waals surface area (Å²) >= 11 is 0. The molecule has 0 aliphatic rings. The zero-order valence-electron chi connectivity index (χ0n) is 10.4. The van der Waals surface area contributed by atoms with Crippen molar-refractivity contribution in [3.63, 3.8) is 0 Å². The second-order valence-electron chi connectivity index (χ2n) is 3.92. The van der Waals surface area contributed by atoms with Crippen LogP contribution in [0.3, 0.4) is 0 Å². The number of hydrogen-bond donors (Lipinski definition) is 1. The summed E-state index contributed by atoms with van der Waals surface area (Å²) in [6, 6.07) is 9.47. The Bertz CT molecular complexity index is 493. The van der Waals surface area contributed by atoms with Crippen molar-refractivity contribution < 1.29 is 14.6 Å². The Morgan fingerprint density at radius 2 is 1.94 bits per heavy atom. The van der Waals surface area contributed by atoms with Crippen molar-refractivity contribution in [3.8, 4) is 11.5 Å². The smallest absolute Gasteiger partial charge is 0.161 e. The van der Waals surface area contributed by atoms with Gasteiger partial charge in [0.15, 0.2) is 11.5 Å². The summed E-state index contributed by atoms with van der Waals surface area (Å²) in [6.07, 6.45) is 3.84. The van der Waals surface area contributed by atoms with E-state index in [0.717, 1.165) is 23.6 Å². The minimum atomic E-state index is 0.0698. The number of nitrogens with zero attached hydrogens (tertiary/aromatic N) is 1. The van der Waals surface area contributed by atoms with Crippen LogP contribution in [0.25, 0.3) is 0 Å². The van der Waals surface area contributed by atoms with Gasteiger partial charge in [-0.25, -0.2) is 0 Å². The SMILES string of the molecule is COc1ccccc1OCCn1ccc(CO)c1. The highest BCUT2D eigenvalue weighted by Gasteiger charge is 2.02. The van der Waals surface area contributed by atoms with Crippen molar-refractivity contribution in [1.29, 1.82) is 0 Å². The van der Waals surface area contributed by atoms with E-state index < -0.39 is 0 Å². The van der Waals surface area contributed by atoms with E-state index in [9.17, 15) is 0 Å². The first-order valence-corrected chi connectivity index (χ1v) is 5.85. The van der Waals surface area contributed by atoms with E-state index >= 15 is 0 Å². The summed E-state index contributed by atoms with van der Waals surface area (Å²) in [5.74, 6) is 1.48. The van der Waals surface area contributed by atoms with Crippen molar-refractivity contribution in [1.82, 2.24) is 4.57 Å². The van der Waals surface area contributed by atoms with E-state index in [0.29, 0.717) is 6.61 Å². The average Bonchev–Trinajstić information content (AvgIpc) is 2.87. The van der Waals surface area contributed by atoms with Gasteiger partial charge in [-0.15, -0.1) is 0 Å². The lowest BCUT2D eigenvalue weighted by molar-refractivity contribution is 0.276. The summed E-state index contributed by atoms with van der Waals surface area (Å²) in [5.41, 5.74) is 0.910. The molecule has 0 atom stereocenters. The topological polar surface area (TPSA) is 43.6 Å². The van der Waals surface area contributed by atoms with E-state index in [1.165, 1.54) is 0 Å². The number of benzene rings is 1. The molecule has 0 bridgehead atoms. The van der Waals surface area contributed by atoms with Crippen LogP contribution in [-0.4, -0.2) is 23.4 Å². The van der Waals surface area contributed by atoms with Gasteiger partial charge >= 0.3 is 0 Å². The number of ether oxygens (including phenoxy) is 2. The van der Waals surface area contributed by atoms with Crippen molar-refractivity contribution in [3.05, 3.63) is 48.3 Å². The molecule has 0 aliphatic carbocycles. The lowest BCUT2D eigenvalue weighted by Crippen LogP contribution is -2.07. The van der Waals surface area contributed by atoms with Crippen LogP contribution < -0.4 is 9.47 Å². The van der Waals surface area contributed by atoms with Gasteiger partial charge in [0.05, 0.1) is 20.3 Å². The first-order chi connectivity index (χ1) is 8.83. The Balaban J connectivity index is 1.88. The van der Waals surface area contributed by atoms with E-state index in [1.807, 2.05) is 47.3 Å². The van der Waals surface area contributed by atoms with Gasteiger partial charge in [0.1, 0.15) is 6.61 Å². The highest BCUT2D eigenvalue weighted by Crippen LogP contribution is 2.25. The van der Waals surface area contributed by atoms with Crippen molar-refractivity contribution in [2.24, 2.45) is 0 Å². The van der Waals surface area contributed by atoms with Crippen molar-refractivity contribution in [2.75, 3.05) is 13.7 Å². The molecule has 18 heavy (non-hydrogen) atoms.